The van der Waals surface area contributed by atoms with Crippen LogP contribution in [0.3, 0.4) is 0 Å². The SMILES string of the molecule is C[C@H](OC(=O)c1cn(C)c2ccccc12)C(=O)c1c[nH]c2ccccc12. The Bertz CT molecular complexity index is 1140. The number of nitrogens with zero attached hydrogens (tertiary/aromatic N) is 1. The number of para-hydroxylation sites is 2. The van der Waals surface area contributed by atoms with Gasteiger partial charge in [-0.05, 0) is 19.1 Å². The fourth-order valence-electron chi connectivity index (χ4n) is 3.28. The van der Waals surface area contributed by atoms with Crippen molar-refractivity contribution < 1.29 is 14.3 Å². The molecule has 2 aromatic heterocycles. The van der Waals surface area contributed by atoms with Gasteiger partial charge in [-0.25, -0.2) is 4.79 Å². The maximum atomic E-state index is 12.8. The molecule has 0 aliphatic carbocycles. The van der Waals surface area contributed by atoms with Gasteiger partial charge in [-0.15, -0.1) is 0 Å². The normalized spacial score (nSPS) is 12.4. The number of nitrogens with one attached hydrogen (secondary N) is 1. The van der Waals surface area contributed by atoms with Gasteiger partial charge in [-0.1, -0.05) is 36.4 Å². The van der Waals surface area contributed by atoms with Crippen molar-refractivity contribution in [3.8, 4) is 0 Å². The van der Waals surface area contributed by atoms with Crippen molar-refractivity contribution in [3.63, 3.8) is 0 Å². The van der Waals surface area contributed by atoms with E-state index in [9.17, 15) is 9.59 Å². The van der Waals surface area contributed by atoms with Crippen molar-refractivity contribution >= 4 is 33.6 Å². The van der Waals surface area contributed by atoms with E-state index in [-0.39, 0.29) is 5.78 Å². The zero-order chi connectivity index (χ0) is 18.3. The van der Waals surface area contributed by atoms with Crippen molar-refractivity contribution in [1.82, 2.24) is 9.55 Å². The third kappa shape index (κ3) is 2.58. The summed E-state index contributed by atoms with van der Waals surface area (Å²) in [5, 5.41) is 1.64. The van der Waals surface area contributed by atoms with Crippen LogP contribution in [0, 0.1) is 0 Å². The van der Waals surface area contributed by atoms with Gasteiger partial charge in [0.1, 0.15) is 0 Å². The van der Waals surface area contributed by atoms with Crippen molar-refractivity contribution in [2.24, 2.45) is 7.05 Å². The maximum Gasteiger partial charge on any atom is 0.341 e. The average Bonchev–Trinajstić information content (AvgIpc) is 3.23. The van der Waals surface area contributed by atoms with E-state index in [4.69, 9.17) is 4.74 Å². The van der Waals surface area contributed by atoms with Crippen molar-refractivity contribution in [2.45, 2.75) is 13.0 Å². The molecule has 0 unspecified atom stereocenters. The summed E-state index contributed by atoms with van der Waals surface area (Å²) in [4.78, 5) is 28.4. The Morgan fingerprint density at radius 1 is 1.00 bits per heavy atom. The Balaban J connectivity index is 1.60. The number of carbonyl (C=O) groups is 2. The minimum Gasteiger partial charge on any atom is -0.451 e. The molecule has 26 heavy (non-hydrogen) atoms. The number of esters is 1. The van der Waals surface area contributed by atoms with Gasteiger partial charge in [0.25, 0.3) is 0 Å². The number of fused-ring (bicyclic) bond motifs is 2. The molecule has 4 aromatic rings. The first-order valence-electron chi connectivity index (χ1n) is 8.41. The lowest BCUT2D eigenvalue weighted by Gasteiger charge is -2.11. The Kier molecular flexibility index (Phi) is 3.84. The number of Topliss-reactive ketones (excluding diaryl/α,β-unsaturated/α-hetero) is 1. The Morgan fingerprint density at radius 2 is 1.69 bits per heavy atom. The summed E-state index contributed by atoms with van der Waals surface area (Å²) in [6, 6.07) is 15.2. The number of H-pyrrole nitrogens is 1. The summed E-state index contributed by atoms with van der Waals surface area (Å²) in [5.41, 5.74) is 2.80. The van der Waals surface area contributed by atoms with Gasteiger partial charge in [-0.3, -0.25) is 4.79 Å². The zero-order valence-corrected chi connectivity index (χ0v) is 14.5. The van der Waals surface area contributed by atoms with E-state index in [2.05, 4.69) is 4.98 Å². The molecule has 2 heterocycles. The lowest BCUT2D eigenvalue weighted by molar-refractivity contribution is 0.0321. The Morgan fingerprint density at radius 3 is 2.50 bits per heavy atom. The highest BCUT2D eigenvalue weighted by atomic mass is 16.5. The van der Waals surface area contributed by atoms with Gasteiger partial charge in [-0.2, -0.15) is 0 Å². The maximum absolute atomic E-state index is 12.8. The Hall–Kier alpha value is -3.34. The summed E-state index contributed by atoms with van der Waals surface area (Å²) in [5.74, 6) is -0.724. The smallest absolute Gasteiger partial charge is 0.341 e. The number of hydrogen-bond acceptors (Lipinski definition) is 3. The van der Waals surface area contributed by atoms with Gasteiger partial charge >= 0.3 is 5.97 Å². The first-order chi connectivity index (χ1) is 12.6. The lowest BCUT2D eigenvalue weighted by Crippen LogP contribution is -2.24. The summed E-state index contributed by atoms with van der Waals surface area (Å²) in [7, 11) is 1.87. The number of aromatic nitrogens is 2. The van der Waals surface area contributed by atoms with Crippen LogP contribution in [0.2, 0.25) is 0 Å². The van der Waals surface area contributed by atoms with Crippen LogP contribution >= 0.6 is 0 Å². The van der Waals surface area contributed by atoms with E-state index in [1.165, 1.54) is 0 Å². The molecule has 0 saturated carbocycles. The zero-order valence-electron chi connectivity index (χ0n) is 14.5. The van der Waals surface area contributed by atoms with Crippen LogP contribution in [-0.2, 0) is 11.8 Å². The largest absolute Gasteiger partial charge is 0.451 e. The first-order valence-corrected chi connectivity index (χ1v) is 8.41. The number of benzene rings is 2. The summed E-state index contributed by atoms with van der Waals surface area (Å²) >= 11 is 0. The third-order valence-corrected chi connectivity index (χ3v) is 4.62. The summed E-state index contributed by atoms with van der Waals surface area (Å²) in [6.07, 6.45) is 2.52. The fourth-order valence-corrected chi connectivity index (χ4v) is 3.28. The topological polar surface area (TPSA) is 64.1 Å². The highest BCUT2D eigenvalue weighted by Crippen LogP contribution is 2.23. The van der Waals surface area contributed by atoms with Gasteiger partial charge in [0.2, 0.25) is 5.78 Å². The van der Waals surface area contributed by atoms with Gasteiger partial charge < -0.3 is 14.3 Å². The minimum absolute atomic E-state index is 0.226. The fraction of sp³-hybridized carbons (Fsp3) is 0.143. The quantitative estimate of drug-likeness (QED) is 0.447. The number of ketones is 1. The van der Waals surface area contributed by atoms with Crippen LogP contribution < -0.4 is 0 Å². The molecule has 1 atom stereocenters. The Labute approximate surface area is 150 Å². The highest BCUT2D eigenvalue weighted by molar-refractivity contribution is 6.11. The molecule has 0 aliphatic rings. The molecule has 5 nitrogen and oxygen atoms in total. The molecule has 0 spiro atoms. The molecule has 0 bridgehead atoms. The monoisotopic (exact) mass is 346 g/mol. The highest BCUT2D eigenvalue weighted by Gasteiger charge is 2.24. The standard InChI is InChI=1S/C21H18N2O3/c1-13(20(24)16-11-22-18-9-5-3-7-14(16)18)26-21(25)17-12-23(2)19-10-6-4-8-15(17)19/h3-13,22H,1-2H3/t13-/m0/s1. The van der Waals surface area contributed by atoms with E-state index < -0.39 is 12.1 Å². The van der Waals surface area contributed by atoms with Crippen LogP contribution in [0.5, 0.6) is 0 Å². The number of aryl methyl sites for hydroxylation is 1. The number of hydrogen-bond donors (Lipinski definition) is 1. The van der Waals surface area contributed by atoms with Crippen molar-refractivity contribution in [3.05, 3.63) is 72.1 Å². The van der Waals surface area contributed by atoms with Crippen LogP contribution in [-0.4, -0.2) is 27.4 Å². The van der Waals surface area contributed by atoms with E-state index in [0.29, 0.717) is 11.1 Å². The number of rotatable bonds is 4. The molecule has 0 saturated heterocycles. The van der Waals surface area contributed by atoms with Crippen LogP contribution in [0.25, 0.3) is 21.8 Å². The van der Waals surface area contributed by atoms with E-state index >= 15 is 0 Å². The molecule has 0 amide bonds. The molecule has 5 heteroatoms. The molecule has 1 N–H and O–H groups in total. The molecule has 130 valence electrons. The van der Waals surface area contributed by atoms with Gasteiger partial charge in [0.15, 0.2) is 6.10 Å². The number of aromatic amines is 1. The van der Waals surface area contributed by atoms with Gasteiger partial charge in [0.05, 0.1) is 5.56 Å². The second-order valence-corrected chi connectivity index (χ2v) is 6.33. The predicted molar refractivity (Wildman–Crippen MR) is 100 cm³/mol. The molecule has 0 aliphatic heterocycles. The molecular formula is C21H18N2O3. The second kappa shape index (κ2) is 6.19. The molecule has 0 fully saturated rings. The summed E-state index contributed by atoms with van der Waals surface area (Å²) < 4.78 is 7.35. The molecule has 2 aromatic carbocycles. The van der Waals surface area contributed by atoms with Crippen LogP contribution in [0.15, 0.2) is 60.9 Å². The molecular weight excluding hydrogens is 328 g/mol. The number of carbonyl (C=O) groups excluding carboxylic acids is 2. The van der Waals surface area contributed by atoms with E-state index in [0.717, 1.165) is 21.8 Å². The average molecular weight is 346 g/mol. The van der Waals surface area contributed by atoms with Crippen molar-refractivity contribution in [1.29, 1.82) is 0 Å². The van der Waals surface area contributed by atoms with Crippen LogP contribution in [0.4, 0.5) is 0 Å². The van der Waals surface area contributed by atoms with Crippen LogP contribution in [0.1, 0.15) is 27.6 Å². The first kappa shape index (κ1) is 16.1. The third-order valence-electron chi connectivity index (χ3n) is 4.62. The lowest BCUT2D eigenvalue weighted by atomic mass is 10.1. The second-order valence-electron chi connectivity index (χ2n) is 6.33. The molecule has 4 rings (SSSR count). The summed E-state index contributed by atoms with van der Waals surface area (Å²) in [6.45, 7) is 1.60. The van der Waals surface area contributed by atoms with E-state index in [1.54, 1.807) is 19.3 Å². The number of ether oxygens (including phenoxy) is 1. The van der Waals surface area contributed by atoms with Crippen molar-refractivity contribution in [2.75, 3.05) is 0 Å². The molecule has 0 radical (unpaired) electrons. The minimum atomic E-state index is -0.874. The predicted octanol–water partition coefficient (Wildman–Crippen LogP) is 4.09. The van der Waals surface area contributed by atoms with Gasteiger partial charge in [0, 0.05) is 46.8 Å². The van der Waals surface area contributed by atoms with E-state index in [1.807, 2.05) is 60.1 Å².